The molecule has 2 heterocycles. The Hall–Kier alpha value is -2.64. The Morgan fingerprint density at radius 1 is 1.07 bits per heavy atom. The van der Waals surface area contributed by atoms with Crippen molar-refractivity contribution in [2.24, 2.45) is 0 Å². The molecule has 6 nitrogen and oxygen atoms in total. The summed E-state index contributed by atoms with van der Waals surface area (Å²) < 4.78 is 12.1. The lowest BCUT2D eigenvalue weighted by Gasteiger charge is -2.34. The number of nitrogens with zero attached hydrogens (tertiary/aromatic N) is 3. The molecule has 1 aliphatic heterocycles. The van der Waals surface area contributed by atoms with Crippen molar-refractivity contribution >= 4 is 32.7 Å². The minimum atomic E-state index is -0.301. The van der Waals surface area contributed by atoms with Crippen LogP contribution in [0.2, 0.25) is 0 Å². The van der Waals surface area contributed by atoms with E-state index in [2.05, 4.69) is 28.0 Å². The van der Waals surface area contributed by atoms with E-state index in [9.17, 15) is 4.79 Å². The average Bonchev–Trinajstić information content (AvgIpc) is 3.19. The van der Waals surface area contributed by atoms with E-state index >= 15 is 0 Å². The second kappa shape index (κ2) is 9.24. The van der Waals surface area contributed by atoms with E-state index in [0.717, 1.165) is 49.1 Å². The van der Waals surface area contributed by atoms with Crippen LogP contribution in [0.15, 0.2) is 48.5 Å². The average molecular weight is 412 g/mol. The van der Waals surface area contributed by atoms with Crippen LogP contribution in [-0.2, 0) is 4.74 Å². The molecule has 0 N–H and O–H groups in total. The van der Waals surface area contributed by atoms with E-state index < -0.39 is 0 Å². The first-order valence-electron chi connectivity index (χ1n) is 9.96. The molecule has 0 saturated carbocycles. The second-order valence-electron chi connectivity index (χ2n) is 6.89. The molecule has 1 aliphatic rings. The number of carbonyl (C=O) groups is 1. The van der Waals surface area contributed by atoms with Gasteiger partial charge in [-0.15, -0.1) is 0 Å². The zero-order valence-corrected chi connectivity index (χ0v) is 17.4. The molecule has 0 bridgehead atoms. The maximum atomic E-state index is 11.7. The number of benzene rings is 2. The highest BCUT2D eigenvalue weighted by atomic mass is 32.1. The summed E-state index contributed by atoms with van der Waals surface area (Å²) in [6.45, 7) is 7.65. The van der Waals surface area contributed by atoms with Crippen LogP contribution in [0.4, 0.5) is 5.13 Å². The number of aromatic nitrogens is 1. The van der Waals surface area contributed by atoms with Gasteiger partial charge in [0.05, 0.1) is 22.4 Å². The number of rotatable bonds is 7. The molecular weight excluding hydrogens is 386 g/mol. The third-order valence-corrected chi connectivity index (χ3v) is 6.06. The van der Waals surface area contributed by atoms with Crippen LogP contribution in [0.25, 0.3) is 10.2 Å². The standard InChI is InChI=1S/C22H25N3O3S/c1-2-27-21(26)17-7-9-18(10-8-17)28-16-15-24-11-13-25(14-12-24)22-23-19-5-3-4-6-20(19)29-22/h3-10H,2,11-16H2,1H3. The molecule has 1 aromatic heterocycles. The first-order chi connectivity index (χ1) is 14.2. The number of piperazine rings is 1. The minimum Gasteiger partial charge on any atom is -0.492 e. The van der Waals surface area contributed by atoms with Gasteiger partial charge in [-0.2, -0.15) is 0 Å². The lowest BCUT2D eigenvalue weighted by atomic mass is 10.2. The number of hydrogen-bond donors (Lipinski definition) is 0. The van der Waals surface area contributed by atoms with E-state index in [1.165, 1.54) is 4.70 Å². The van der Waals surface area contributed by atoms with Crippen LogP contribution >= 0.6 is 11.3 Å². The van der Waals surface area contributed by atoms with E-state index in [1.807, 2.05) is 18.2 Å². The molecule has 0 amide bonds. The number of fused-ring (bicyclic) bond motifs is 1. The molecule has 0 unspecified atom stereocenters. The Morgan fingerprint density at radius 2 is 1.83 bits per heavy atom. The normalized spacial score (nSPS) is 14.9. The number of anilines is 1. The van der Waals surface area contributed by atoms with Crippen LogP contribution in [0, 0.1) is 0 Å². The molecule has 7 heteroatoms. The van der Waals surface area contributed by atoms with Crippen molar-refractivity contribution in [1.29, 1.82) is 0 Å². The second-order valence-corrected chi connectivity index (χ2v) is 7.90. The molecule has 0 aliphatic carbocycles. The Bertz CT molecular complexity index is 916. The highest BCUT2D eigenvalue weighted by Gasteiger charge is 2.19. The molecule has 4 rings (SSSR count). The fourth-order valence-corrected chi connectivity index (χ4v) is 4.37. The summed E-state index contributed by atoms with van der Waals surface area (Å²) in [6.07, 6.45) is 0. The van der Waals surface area contributed by atoms with E-state index in [1.54, 1.807) is 30.4 Å². The lowest BCUT2D eigenvalue weighted by Crippen LogP contribution is -2.47. The van der Waals surface area contributed by atoms with Gasteiger partial charge in [-0.25, -0.2) is 9.78 Å². The van der Waals surface area contributed by atoms with E-state index in [0.29, 0.717) is 18.8 Å². The third kappa shape index (κ3) is 4.86. The van der Waals surface area contributed by atoms with Crippen molar-refractivity contribution in [3.63, 3.8) is 0 Å². The van der Waals surface area contributed by atoms with E-state index in [4.69, 9.17) is 14.5 Å². The number of hydrogen-bond acceptors (Lipinski definition) is 7. The predicted octanol–water partition coefficient (Wildman–Crippen LogP) is 3.67. The molecule has 0 spiro atoms. The van der Waals surface area contributed by atoms with Crippen molar-refractivity contribution < 1.29 is 14.3 Å². The Morgan fingerprint density at radius 3 is 2.55 bits per heavy atom. The Labute approximate surface area is 174 Å². The maximum absolute atomic E-state index is 11.7. The first kappa shape index (κ1) is 19.7. The lowest BCUT2D eigenvalue weighted by molar-refractivity contribution is 0.0526. The fourth-order valence-electron chi connectivity index (χ4n) is 3.35. The number of carbonyl (C=O) groups excluding carboxylic acids is 1. The maximum Gasteiger partial charge on any atom is 0.338 e. The summed E-state index contributed by atoms with van der Waals surface area (Å²) in [4.78, 5) is 21.2. The monoisotopic (exact) mass is 411 g/mol. The molecule has 152 valence electrons. The van der Waals surface area contributed by atoms with Crippen LogP contribution in [-0.4, -0.2) is 61.8 Å². The van der Waals surface area contributed by atoms with Gasteiger partial charge in [-0.05, 0) is 43.3 Å². The molecular formula is C22H25N3O3S. The Kier molecular flexibility index (Phi) is 6.27. The van der Waals surface area contributed by atoms with Crippen LogP contribution in [0.1, 0.15) is 17.3 Å². The predicted molar refractivity (Wildman–Crippen MR) is 116 cm³/mol. The van der Waals surface area contributed by atoms with Gasteiger partial charge in [0.2, 0.25) is 0 Å². The number of ether oxygens (including phenoxy) is 2. The van der Waals surface area contributed by atoms with Gasteiger partial charge in [0.25, 0.3) is 0 Å². The molecule has 1 saturated heterocycles. The van der Waals surface area contributed by atoms with Gasteiger partial charge >= 0.3 is 5.97 Å². The third-order valence-electron chi connectivity index (χ3n) is 4.97. The quantitative estimate of drug-likeness (QED) is 0.553. The van der Waals surface area contributed by atoms with Gasteiger partial charge in [0.1, 0.15) is 12.4 Å². The highest BCUT2D eigenvalue weighted by molar-refractivity contribution is 7.22. The molecule has 0 atom stereocenters. The van der Waals surface area contributed by atoms with Crippen LogP contribution in [0.5, 0.6) is 5.75 Å². The summed E-state index contributed by atoms with van der Waals surface area (Å²) >= 11 is 1.76. The van der Waals surface area contributed by atoms with Gasteiger partial charge < -0.3 is 14.4 Å². The van der Waals surface area contributed by atoms with Crippen LogP contribution in [0.3, 0.4) is 0 Å². The largest absolute Gasteiger partial charge is 0.492 e. The zero-order valence-electron chi connectivity index (χ0n) is 16.5. The molecule has 0 radical (unpaired) electrons. The smallest absolute Gasteiger partial charge is 0.338 e. The molecule has 2 aromatic carbocycles. The van der Waals surface area contributed by atoms with Gasteiger partial charge in [-0.3, -0.25) is 4.90 Å². The van der Waals surface area contributed by atoms with Gasteiger partial charge in [-0.1, -0.05) is 23.5 Å². The SMILES string of the molecule is CCOC(=O)c1ccc(OCCN2CCN(c3nc4ccccc4s3)CC2)cc1. The highest BCUT2D eigenvalue weighted by Crippen LogP contribution is 2.29. The fraction of sp³-hybridized carbons (Fsp3) is 0.364. The van der Waals surface area contributed by atoms with Crippen molar-refractivity contribution in [3.8, 4) is 5.75 Å². The summed E-state index contributed by atoms with van der Waals surface area (Å²) in [5.74, 6) is 0.469. The van der Waals surface area contributed by atoms with Gasteiger partial charge in [0, 0.05) is 32.7 Å². The van der Waals surface area contributed by atoms with Crippen molar-refractivity contribution in [3.05, 3.63) is 54.1 Å². The number of thiazole rings is 1. The van der Waals surface area contributed by atoms with Crippen molar-refractivity contribution in [1.82, 2.24) is 9.88 Å². The summed E-state index contributed by atoms with van der Waals surface area (Å²) in [6, 6.07) is 15.4. The first-order valence-corrected chi connectivity index (χ1v) is 10.8. The topological polar surface area (TPSA) is 54.9 Å². The van der Waals surface area contributed by atoms with Crippen molar-refractivity contribution in [2.45, 2.75) is 6.92 Å². The summed E-state index contributed by atoms with van der Waals surface area (Å²) in [5, 5.41) is 1.11. The van der Waals surface area contributed by atoms with E-state index in [-0.39, 0.29) is 5.97 Å². The zero-order chi connectivity index (χ0) is 20.1. The summed E-state index contributed by atoms with van der Waals surface area (Å²) in [5.41, 5.74) is 1.63. The molecule has 29 heavy (non-hydrogen) atoms. The van der Waals surface area contributed by atoms with Gasteiger partial charge in [0.15, 0.2) is 5.13 Å². The number of para-hydroxylation sites is 1. The number of esters is 1. The molecule has 3 aromatic rings. The molecule has 1 fully saturated rings. The van der Waals surface area contributed by atoms with Crippen LogP contribution < -0.4 is 9.64 Å². The van der Waals surface area contributed by atoms with Crippen molar-refractivity contribution in [2.75, 3.05) is 50.8 Å². The Balaban J connectivity index is 1.21. The summed E-state index contributed by atoms with van der Waals surface area (Å²) in [7, 11) is 0. The minimum absolute atomic E-state index is 0.301.